The molecule has 0 bridgehead atoms. The number of allylic oxidation sites excluding steroid dienone is 5. The second-order valence-corrected chi connectivity index (χ2v) is 7.12. The van der Waals surface area contributed by atoms with E-state index in [1.807, 2.05) is 26.0 Å². The van der Waals surface area contributed by atoms with Crippen molar-refractivity contribution in [3.05, 3.63) is 36.5 Å². The molecular weight excluding hydrogens is 368 g/mol. The summed E-state index contributed by atoms with van der Waals surface area (Å²) in [5, 5.41) is 5.14. The fourth-order valence-electron chi connectivity index (χ4n) is 1.14. The minimum atomic E-state index is -0.608. The van der Waals surface area contributed by atoms with Gasteiger partial charge in [0.1, 0.15) is 0 Å². The molecule has 0 aliphatic rings. The fourth-order valence-corrected chi connectivity index (χ4v) is 1.14. The third-order valence-electron chi connectivity index (χ3n) is 2.87. The number of carbonyl (C=O) groups excluding carboxylic acids is 3. The van der Waals surface area contributed by atoms with Gasteiger partial charge in [-0.25, -0.2) is 10.2 Å². The number of rotatable bonds is 8. The number of carbonyl (C=O) groups is 3. The predicted octanol–water partition coefficient (Wildman–Crippen LogP) is 3.51. The zero-order chi connectivity index (χ0) is 23.2. The maximum absolute atomic E-state index is 11.2. The van der Waals surface area contributed by atoms with Gasteiger partial charge in [-0.15, -0.1) is 0 Å². The molecule has 0 aromatic carbocycles. The molecule has 0 atom stereocenters. The van der Waals surface area contributed by atoms with Crippen molar-refractivity contribution in [3.8, 4) is 0 Å². The third-order valence-corrected chi connectivity index (χ3v) is 2.87. The summed E-state index contributed by atoms with van der Waals surface area (Å²) in [6.07, 6.45) is 7.77. The van der Waals surface area contributed by atoms with E-state index in [4.69, 9.17) is 0 Å². The van der Waals surface area contributed by atoms with Crippen LogP contribution in [0.15, 0.2) is 36.5 Å². The first-order valence-electron chi connectivity index (χ1n) is 9.99. The Labute approximate surface area is 177 Å². The van der Waals surface area contributed by atoms with Gasteiger partial charge in [0, 0.05) is 5.92 Å². The van der Waals surface area contributed by atoms with E-state index in [-0.39, 0.29) is 30.7 Å². The highest BCUT2D eigenvalue weighted by atomic mass is 16.2. The van der Waals surface area contributed by atoms with Gasteiger partial charge in [0.25, 0.3) is 5.91 Å². The first kappa shape index (κ1) is 31.3. The zero-order valence-electron chi connectivity index (χ0n) is 19.5. The van der Waals surface area contributed by atoms with Crippen LogP contribution in [0, 0.1) is 11.8 Å². The van der Waals surface area contributed by atoms with E-state index in [0.717, 1.165) is 5.92 Å². The van der Waals surface area contributed by atoms with Crippen LogP contribution in [0.25, 0.3) is 0 Å². The summed E-state index contributed by atoms with van der Waals surface area (Å²) in [6.45, 7) is 20.2. The van der Waals surface area contributed by atoms with Crippen LogP contribution in [0.5, 0.6) is 0 Å². The molecule has 0 aliphatic heterocycles. The zero-order valence-corrected chi connectivity index (χ0v) is 19.5. The second-order valence-electron chi connectivity index (χ2n) is 7.12. The Kier molecular flexibility index (Phi) is 23.6. The molecule has 168 valence electrons. The average molecular weight is 411 g/mol. The van der Waals surface area contributed by atoms with Crippen LogP contribution in [0.2, 0.25) is 0 Å². The minimum Gasteiger partial charge on any atom is -0.330 e. The Hall–Kier alpha value is -2.41. The van der Waals surface area contributed by atoms with E-state index >= 15 is 0 Å². The summed E-state index contributed by atoms with van der Waals surface area (Å²) < 4.78 is 0. The van der Waals surface area contributed by atoms with Crippen LogP contribution < -0.4 is 21.5 Å². The quantitative estimate of drug-likeness (QED) is 0.363. The molecule has 0 saturated carbocycles. The van der Waals surface area contributed by atoms with Crippen molar-refractivity contribution in [3.63, 3.8) is 0 Å². The first-order valence-corrected chi connectivity index (χ1v) is 9.99. The number of urea groups is 1. The van der Waals surface area contributed by atoms with E-state index in [2.05, 4.69) is 61.8 Å². The fraction of sp³-hybridized carbons (Fsp3) is 0.591. The molecular formula is C22H42N4O3. The van der Waals surface area contributed by atoms with E-state index in [1.54, 1.807) is 19.9 Å². The lowest BCUT2D eigenvalue weighted by molar-refractivity contribution is -0.121. The third kappa shape index (κ3) is 30.6. The molecule has 0 aromatic heterocycles. The van der Waals surface area contributed by atoms with Gasteiger partial charge in [0.05, 0.1) is 13.1 Å². The summed E-state index contributed by atoms with van der Waals surface area (Å²) in [6, 6.07) is -0.608. The van der Waals surface area contributed by atoms with Crippen molar-refractivity contribution in [1.82, 2.24) is 21.5 Å². The molecule has 0 fully saturated rings. The van der Waals surface area contributed by atoms with Crippen molar-refractivity contribution in [2.45, 2.75) is 55.4 Å². The smallest absolute Gasteiger partial charge is 0.330 e. The van der Waals surface area contributed by atoms with Crippen molar-refractivity contribution < 1.29 is 14.4 Å². The van der Waals surface area contributed by atoms with Crippen LogP contribution in [0.4, 0.5) is 4.79 Å². The molecule has 0 aromatic rings. The lowest BCUT2D eigenvalue weighted by atomic mass is 10.1. The molecule has 0 saturated heterocycles. The maximum atomic E-state index is 11.2. The number of hydrogen-bond donors (Lipinski definition) is 4. The molecule has 0 aliphatic carbocycles. The molecule has 7 nitrogen and oxygen atoms in total. The number of amides is 3. The Morgan fingerprint density at radius 3 is 1.97 bits per heavy atom. The van der Waals surface area contributed by atoms with Gasteiger partial charge in [0.2, 0.25) is 0 Å². The van der Waals surface area contributed by atoms with Crippen molar-refractivity contribution in [2.24, 2.45) is 11.8 Å². The highest BCUT2D eigenvalue weighted by Gasteiger charge is 2.09. The minimum absolute atomic E-state index is 0.0490. The lowest BCUT2D eigenvalue weighted by Gasteiger charge is -2.09. The van der Waals surface area contributed by atoms with E-state index in [0.29, 0.717) is 6.54 Å². The van der Waals surface area contributed by atoms with E-state index in [9.17, 15) is 14.4 Å². The first-order chi connectivity index (χ1) is 13.5. The number of hydrazine groups is 1. The van der Waals surface area contributed by atoms with E-state index < -0.39 is 6.03 Å². The molecule has 0 rings (SSSR count). The number of ketones is 1. The van der Waals surface area contributed by atoms with Gasteiger partial charge in [-0.3, -0.25) is 15.0 Å². The number of likely N-dealkylation sites (N-methyl/N-ethyl adjacent to an activating group) is 1. The Morgan fingerprint density at radius 1 is 1.00 bits per heavy atom. The summed E-state index contributed by atoms with van der Waals surface area (Å²) in [5.41, 5.74) is 5.61. The van der Waals surface area contributed by atoms with Crippen LogP contribution in [0.3, 0.4) is 0 Å². The van der Waals surface area contributed by atoms with Gasteiger partial charge in [-0.2, -0.15) is 0 Å². The average Bonchev–Trinajstić information content (AvgIpc) is 2.66. The van der Waals surface area contributed by atoms with Gasteiger partial charge < -0.3 is 10.6 Å². The molecule has 0 heterocycles. The highest BCUT2D eigenvalue weighted by molar-refractivity contribution is 5.87. The monoisotopic (exact) mass is 410 g/mol. The number of Topliss-reactive ketones (excluding diaryl/α,β-unsaturated/α-hetero) is 1. The number of hydrogen-bond acceptors (Lipinski definition) is 4. The standard InChI is InChI=1S/C10H20N4O3.C8H12.C4H10/c1-4-11-6-9(16)13-14-10(17)12-5-8(15)7(2)3;1-4-6-7-8(3)5-2;1-4(2)3/h7,11H,4-6H2,1-3H3,(H,13,16)(H2,12,14,17);4-7H,1H2,2-3H3;4H,1-3H3/b;7-6-,8-5-;. The summed E-state index contributed by atoms with van der Waals surface area (Å²) >= 11 is 0. The maximum Gasteiger partial charge on any atom is 0.333 e. The van der Waals surface area contributed by atoms with Crippen molar-refractivity contribution in [1.29, 1.82) is 0 Å². The molecule has 3 amide bonds. The normalized spacial score (nSPS) is 10.5. The molecule has 0 unspecified atom stereocenters. The summed E-state index contributed by atoms with van der Waals surface area (Å²) in [7, 11) is 0. The molecule has 29 heavy (non-hydrogen) atoms. The molecule has 0 spiro atoms. The summed E-state index contributed by atoms with van der Waals surface area (Å²) in [5.74, 6) is 0.287. The summed E-state index contributed by atoms with van der Waals surface area (Å²) in [4.78, 5) is 33.4. The Bertz CT molecular complexity index is 521. The van der Waals surface area contributed by atoms with E-state index in [1.165, 1.54) is 5.57 Å². The molecule has 7 heteroatoms. The topological polar surface area (TPSA) is 99.3 Å². The predicted molar refractivity (Wildman–Crippen MR) is 122 cm³/mol. The van der Waals surface area contributed by atoms with Crippen molar-refractivity contribution >= 4 is 17.7 Å². The Balaban J connectivity index is -0.000000465. The SMILES string of the molecule is C=C/C=C\C(C)=C/C.CC(C)C.CCNCC(=O)NNC(=O)NCC(=O)C(C)C. The largest absolute Gasteiger partial charge is 0.333 e. The van der Waals surface area contributed by atoms with Gasteiger partial charge in [-0.05, 0) is 26.3 Å². The number of nitrogens with one attached hydrogen (secondary N) is 4. The van der Waals surface area contributed by atoms with Gasteiger partial charge in [-0.1, -0.05) is 78.0 Å². The van der Waals surface area contributed by atoms with Crippen LogP contribution >= 0.6 is 0 Å². The van der Waals surface area contributed by atoms with Gasteiger partial charge >= 0.3 is 6.03 Å². The van der Waals surface area contributed by atoms with Crippen LogP contribution in [-0.2, 0) is 9.59 Å². The Morgan fingerprint density at radius 2 is 1.55 bits per heavy atom. The highest BCUT2D eigenvalue weighted by Crippen LogP contribution is 1.92. The molecule has 0 radical (unpaired) electrons. The van der Waals surface area contributed by atoms with Crippen LogP contribution in [0.1, 0.15) is 55.4 Å². The van der Waals surface area contributed by atoms with Crippen molar-refractivity contribution in [2.75, 3.05) is 19.6 Å². The second kappa shape index (κ2) is 21.9. The lowest BCUT2D eigenvalue weighted by Crippen LogP contribution is -2.50. The van der Waals surface area contributed by atoms with Gasteiger partial charge in [0.15, 0.2) is 5.78 Å². The molecule has 4 N–H and O–H groups in total. The van der Waals surface area contributed by atoms with Crippen LogP contribution in [-0.4, -0.2) is 37.4 Å².